The van der Waals surface area contributed by atoms with Gasteiger partial charge in [0.15, 0.2) is 0 Å². The molecule has 5 nitrogen and oxygen atoms in total. The van der Waals surface area contributed by atoms with Gasteiger partial charge in [-0.3, -0.25) is 4.79 Å². The SMILES string of the molecule is COC(=O)C(Cc1ccc(OC)cc1Br)NC=O. The van der Waals surface area contributed by atoms with Gasteiger partial charge < -0.3 is 14.8 Å². The number of carbonyl (C=O) groups is 2. The van der Waals surface area contributed by atoms with Crippen LogP contribution in [0.25, 0.3) is 0 Å². The second-order valence-corrected chi connectivity index (χ2v) is 4.38. The Morgan fingerprint density at radius 3 is 2.72 bits per heavy atom. The van der Waals surface area contributed by atoms with Crippen LogP contribution in [-0.4, -0.2) is 32.6 Å². The minimum absolute atomic E-state index is 0.343. The molecule has 0 spiro atoms. The molecule has 1 aromatic carbocycles. The number of halogens is 1. The van der Waals surface area contributed by atoms with Crippen molar-refractivity contribution in [3.05, 3.63) is 28.2 Å². The third-order valence-electron chi connectivity index (χ3n) is 2.44. The summed E-state index contributed by atoms with van der Waals surface area (Å²) < 4.78 is 10.5. The van der Waals surface area contributed by atoms with Gasteiger partial charge in [-0.1, -0.05) is 22.0 Å². The van der Waals surface area contributed by atoms with Crippen LogP contribution in [0.3, 0.4) is 0 Å². The van der Waals surface area contributed by atoms with Crippen molar-refractivity contribution in [1.29, 1.82) is 0 Å². The highest BCUT2D eigenvalue weighted by atomic mass is 79.9. The second-order valence-electron chi connectivity index (χ2n) is 3.52. The molecule has 98 valence electrons. The lowest BCUT2D eigenvalue weighted by molar-refractivity contribution is -0.144. The molecule has 1 unspecified atom stereocenters. The molecule has 0 heterocycles. The number of rotatable bonds is 6. The maximum atomic E-state index is 11.5. The van der Waals surface area contributed by atoms with Crippen molar-refractivity contribution in [3.63, 3.8) is 0 Å². The zero-order valence-corrected chi connectivity index (χ0v) is 11.7. The van der Waals surface area contributed by atoms with E-state index in [4.69, 9.17) is 4.74 Å². The van der Waals surface area contributed by atoms with Crippen molar-refractivity contribution < 1.29 is 19.1 Å². The molecule has 0 saturated carbocycles. The summed E-state index contributed by atoms with van der Waals surface area (Å²) in [5.41, 5.74) is 0.876. The van der Waals surface area contributed by atoms with Gasteiger partial charge in [-0.05, 0) is 17.7 Å². The molecule has 6 heteroatoms. The van der Waals surface area contributed by atoms with Crippen LogP contribution < -0.4 is 10.1 Å². The molecule has 0 aliphatic carbocycles. The van der Waals surface area contributed by atoms with E-state index >= 15 is 0 Å². The Kier molecular flexibility index (Phi) is 5.64. The molecule has 0 radical (unpaired) electrons. The lowest BCUT2D eigenvalue weighted by Gasteiger charge is -2.15. The van der Waals surface area contributed by atoms with Crippen LogP contribution >= 0.6 is 15.9 Å². The van der Waals surface area contributed by atoms with Crippen LogP contribution in [0.1, 0.15) is 5.56 Å². The van der Waals surface area contributed by atoms with Gasteiger partial charge in [0, 0.05) is 10.9 Å². The zero-order valence-electron chi connectivity index (χ0n) is 10.1. The Bertz CT molecular complexity index is 436. The first-order chi connectivity index (χ1) is 8.62. The number of ether oxygens (including phenoxy) is 2. The van der Waals surface area contributed by atoms with Crippen LogP contribution in [-0.2, 0) is 20.7 Å². The third kappa shape index (κ3) is 3.73. The fourth-order valence-electron chi connectivity index (χ4n) is 1.48. The second kappa shape index (κ2) is 7.00. The van der Waals surface area contributed by atoms with E-state index in [9.17, 15) is 9.59 Å². The van der Waals surface area contributed by atoms with Crippen molar-refractivity contribution in [1.82, 2.24) is 5.32 Å². The number of hydrogen-bond acceptors (Lipinski definition) is 4. The minimum Gasteiger partial charge on any atom is -0.497 e. The van der Waals surface area contributed by atoms with Gasteiger partial charge in [-0.15, -0.1) is 0 Å². The number of benzene rings is 1. The Labute approximate surface area is 114 Å². The summed E-state index contributed by atoms with van der Waals surface area (Å²) >= 11 is 3.39. The highest BCUT2D eigenvalue weighted by Gasteiger charge is 2.19. The summed E-state index contributed by atoms with van der Waals surface area (Å²) in [7, 11) is 2.86. The number of nitrogens with one attached hydrogen (secondary N) is 1. The van der Waals surface area contributed by atoms with E-state index in [0.717, 1.165) is 10.0 Å². The van der Waals surface area contributed by atoms with Crippen molar-refractivity contribution in [3.8, 4) is 5.75 Å². The van der Waals surface area contributed by atoms with Gasteiger partial charge in [0.1, 0.15) is 11.8 Å². The Morgan fingerprint density at radius 1 is 1.50 bits per heavy atom. The van der Waals surface area contributed by atoms with Gasteiger partial charge in [0.05, 0.1) is 14.2 Å². The number of methoxy groups -OCH3 is 2. The van der Waals surface area contributed by atoms with Crippen molar-refractivity contribution >= 4 is 28.3 Å². The molecule has 0 fully saturated rings. The molecule has 0 bridgehead atoms. The highest BCUT2D eigenvalue weighted by molar-refractivity contribution is 9.10. The fourth-order valence-corrected chi connectivity index (χ4v) is 1.99. The van der Waals surface area contributed by atoms with Crippen molar-refractivity contribution in [2.45, 2.75) is 12.5 Å². The summed E-state index contributed by atoms with van der Waals surface area (Å²) in [5.74, 6) is 0.230. The monoisotopic (exact) mass is 315 g/mol. The maximum absolute atomic E-state index is 11.5. The number of esters is 1. The lowest BCUT2D eigenvalue weighted by atomic mass is 10.1. The summed E-state index contributed by atoms with van der Waals surface area (Å²) in [6, 6.07) is 4.71. The van der Waals surface area contributed by atoms with Crippen molar-refractivity contribution in [2.24, 2.45) is 0 Å². The molecule has 1 atom stereocenters. The van der Waals surface area contributed by atoms with E-state index in [-0.39, 0.29) is 0 Å². The minimum atomic E-state index is -0.697. The topological polar surface area (TPSA) is 64.6 Å². The molecule has 1 amide bonds. The fraction of sp³-hybridized carbons (Fsp3) is 0.333. The third-order valence-corrected chi connectivity index (χ3v) is 3.18. The van der Waals surface area contributed by atoms with Crippen LogP contribution in [0.4, 0.5) is 0 Å². The molecule has 1 N–H and O–H groups in total. The Morgan fingerprint density at radius 2 is 2.22 bits per heavy atom. The summed E-state index contributed by atoms with van der Waals surface area (Å²) in [6.07, 6.45) is 0.828. The average Bonchev–Trinajstić information content (AvgIpc) is 2.39. The predicted molar refractivity (Wildman–Crippen MR) is 69.4 cm³/mol. The molecule has 1 rings (SSSR count). The maximum Gasteiger partial charge on any atom is 0.328 e. The molecule has 0 aliphatic heterocycles. The first-order valence-corrected chi connectivity index (χ1v) is 6.01. The van der Waals surface area contributed by atoms with Gasteiger partial charge in [0.2, 0.25) is 6.41 Å². The molecule has 0 aromatic heterocycles. The van der Waals surface area contributed by atoms with Crippen molar-refractivity contribution in [2.75, 3.05) is 14.2 Å². The molecule has 1 aromatic rings. The molecular weight excluding hydrogens is 302 g/mol. The predicted octanol–water partition coefficient (Wildman–Crippen LogP) is 1.29. The lowest BCUT2D eigenvalue weighted by Crippen LogP contribution is -2.38. The zero-order chi connectivity index (χ0) is 13.5. The van der Waals surface area contributed by atoms with Crippen LogP contribution in [0, 0.1) is 0 Å². The van der Waals surface area contributed by atoms with Crippen LogP contribution in [0.5, 0.6) is 5.75 Å². The van der Waals surface area contributed by atoms with Gasteiger partial charge >= 0.3 is 5.97 Å². The van der Waals surface area contributed by atoms with E-state index in [2.05, 4.69) is 26.0 Å². The Balaban J connectivity index is 2.86. The molecule has 18 heavy (non-hydrogen) atoms. The smallest absolute Gasteiger partial charge is 0.328 e. The Hall–Kier alpha value is -1.56. The first-order valence-electron chi connectivity index (χ1n) is 5.22. The summed E-state index contributed by atoms with van der Waals surface area (Å²) in [4.78, 5) is 21.9. The highest BCUT2D eigenvalue weighted by Crippen LogP contribution is 2.24. The normalized spacial score (nSPS) is 11.5. The van der Waals surface area contributed by atoms with Gasteiger partial charge in [-0.25, -0.2) is 4.79 Å². The van der Waals surface area contributed by atoms with E-state index < -0.39 is 12.0 Å². The van der Waals surface area contributed by atoms with Gasteiger partial charge in [0.25, 0.3) is 0 Å². The standard InChI is InChI=1S/C12H14BrNO4/c1-17-9-4-3-8(10(13)6-9)5-11(14-7-15)12(16)18-2/h3-4,6-7,11H,5H2,1-2H3,(H,14,15). The van der Waals surface area contributed by atoms with E-state index in [1.807, 2.05) is 6.07 Å². The molecule has 0 saturated heterocycles. The largest absolute Gasteiger partial charge is 0.497 e. The van der Waals surface area contributed by atoms with E-state index in [0.29, 0.717) is 18.6 Å². The quantitative estimate of drug-likeness (QED) is 0.634. The molecular formula is C12H14BrNO4. The summed E-state index contributed by atoms with van der Waals surface area (Å²) in [6.45, 7) is 0. The number of hydrogen-bond donors (Lipinski definition) is 1. The summed E-state index contributed by atoms with van der Waals surface area (Å²) in [5, 5.41) is 2.43. The number of amides is 1. The van der Waals surface area contributed by atoms with E-state index in [1.165, 1.54) is 7.11 Å². The van der Waals surface area contributed by atoms with E-state index in [1.54, 1.807) is 19.2 Å². The average molecular weight is 316 g/mol. The van der Waals surface area contributed by atoms with Gasteiger partial charge in [-0.2, -0.15) is 0 Å². The first kappa shape index (κ1) is 14.5. The van der Waals surface area contributed by atoms with Crippen LogP contribution in [0.2, 0.25) is 0 Å². The molecule has 0 aliphatic rings. The van der Waals surface area contributed by atoms with Crippen LogP contribution in [0.15, 0.2) is 22.7 Å². The number of carbonyl (C=O) groups excluding carboxylic acids is 2.